The minimum absolute atomic E-state index is 0.265. The quantitative estimate of drug-likeness (QED) is 0.867. The van der Waals surface area contributed by atoms with Crippen LogP contribution in [0.3, 0.4) is 0 Å². The van der Waals surface area contributed by atoms with Crippen LogP contribution >= 0.6 is 12.2 Å². The summed E-state index contributed by atoms with van der Waals surface area (Å²) >= 11 is 4.98. The van der Waals surface area contributed by atoms with Crippen molar-refractivity contribution in [2.24, 2.45) is 17.6 Å². The molecule has 1 aromatic rings. The van der Waals surface area contributed by atoms with Crippen LogP contribution < -0.4 is 5.73 Å². The molecular formula is C16H22N2OS. The minimum Gasteiger partial charge on any atom is -0.389 e. The molecule has 0 aromatic heterocycles. The van der Waals surface area contributed by atoms with Crippen molar-refractivity contribution in [2.75, 3.05) is 6.54 Å². The van der Waals surface area contributed by atoms with Crippen LogP contribution in [0.25, 0.3) is 0 Å². The smallest absolute Gasteiger partial charge is 0.223 e. The lowest BCUT2D eigenvalue weighted by atomic mass is 9.95. The van der Waals surface area contributed by atoms with Gasteiger partial charge in [0.05, 0.1) is 0 Å². The first-order valence-corrected chi connectivity index (χ1v) is 7.46. The van der Waals surface area contributed by atoms with Crippen LogP contribution in [0.15, 0.2) is 18.2 Å². The molecule has 0 aliphatic carbocycles. The van der Waals surface area contributed by atoms with E-state index in [4.69, 9.17) is 18.0 Å². The summed E-state index contributed by atoms with van der Waals surface area (Å²) in [6.45, 7) is 7.96. The van der Waals surface area contributed by atoms with Gasteiger partial charge in [-0.15, -0.1) is 0 Å². The van der Waals surface area contributed by atoms with Crippen molar-refractivity contribution in [1.82, 2.24) is 4.90 Å². The number of thiocarbonyl (C=S) groups is 1. The van der Waals surface area contributed by atoms with Crippen LogP contribution in [0.5, 0.6) is 0 Å². The van der Waals surface area contributed by atoms with E-state index in [9.17, 15) is 4.79 Å². The van der Waals surface area contributed by atoms with E-state index < -0.39 is 0 Å². The Labute approximate surface area is 126 Å². The lowest BCUT2D eigenvalue weighted by Gasteiger charge is -2.19. The molecule has 0 saturated carbocycles. The third-order valence-electron chi connectivity index (χ3n) is 4.18. The van der Waals surface area contributed by atoms with Gasteiger partial charge in [-0.05, 0) is 36.0 Å². The Morgan fingerprint density at radius 3 is 2.70 bits per heavy atom. The molecule has 0 spiro atoms. The van der Waals surface area contributed by atoms with E-state index in [0.29, 0.717) is 29.8 Å². The Kier molecular flexibility index (Phi) is 4.43. The molecule has 1 atom stereocenters. The fourth-order valence-corrected chi connectivity index (χ4v) is 2.76. The van der Waals surface area contributed by atoms with Crippen molar-refractivity contribution in [1.29, 1.82) is 0 Å². The molecule has 0 radical (unpaired) electrons. The number of aryl methyl sites for hydroxylation is 1. The number of hydrogen-bond acceptors (Lipinski definition) is 2. The Bertz CT molecular complexity index is 539. The fraction of sp³-hybridized carbons (Fsp3) is 0.500. The third kappa shape index (κ3) is 3.18. The topological polar surface area (TPSA) is 46.3 Å². The Morgan fingerprint density at radius 2 is 2.20 bits per heavy atom. The predicted octanol–water partition coefficient (Wildman–Crippen LogP) is 2.63. The summed E-state index contributed by atoms with van der Waals surface area (Å²) in [7, 11) is 0. The van der Waals surface area contributed by atoms with E-state index >= 15 is 0 Å². The number of amides is 1. The highest BCUT2D eigenvalue weighted by molar-refractivity contribution is 7.80. The molecular weight excluding hydrogens is 268 g/mol. The molecule has 1 unspecified atom stereocenters. The molecule has 1 saturated heterocycles. The summed E-state index contributed by atoms with van der Waals surface area (Å²) in [5.74, 6) is 1.31. The van der Waals surface area contributed by atoms with Gasteiger partial charge in [-0.3, -0.25) is 4.79 Å². The normalized spacial score (nSPS) is 18.9. The Balaban J connectivity index is 2.11. The average molecular weight is 290 g/mol. The van der Waals surface area contributed by atoms with Crippen molar-refractivity contribution in [3.05, 3.63) is 34.9 Å². The molecule has 1 fully saturated rings. The minimum atomic E-state index is 0.265. The zero-order valence-corrected chi connectivity index (χ0v) is 13.2. The van der Waals surface area contributed by atoms with Gasteiger partial charge >= 0.3 is 0 Å². The Morgan fingerprint density at radius 1 is 1.50 bits per heavy atom. The number of likely N-dealkylation sites (tertiary alicyclic amines) is 1. The molecule has 2 rings (SSSR count). The second-order valence-electron chi connectivity index (χ2n) is 5.99. The summed E-state index contributed by atoms with van der Waals surface area (Å²) in [5.41, 5.74) is 8.82. The molecule has 1 amide bonds. The zero-order chi connectivity index (χ0) is 14.9. The van der Waals surface area contributed by atoms with Crippen LogP contribution in [-0.4, -0.2) is 22.3 Å². The van der Waals surface area contributed by atoms with Gasteiger partial charge in [0, 0.05) is 25.1 Å². The fourth-order valence-electron chi connectivity index (χ4n) is 2.63. The molecule has 1 aliphatic rings. The van der Waals surface area contributed by atoms with Crippen LogP contribution in [0.1, 0.15) is 37.0 Å². The number of carbonyl (C=O) groups excluding carboxylic acids is 1. The number of rotatable bonds is 4. The zero-order valence-electron chi connectivity index (χ0n) is 12.3. The van der Waals surface area contributed by atoms with Gasteiger partial charge in [0.2, 0.25) is 5.91 Å². The monoisotopic (exact) mass is 290 g/mol. The highest BCUT2D eigenvalue weighted by atomic mass is 32.1. The number of hydrogen-bond donors (Lipinski definition) is 1. The second kappa shape index (κ2) is 5.92. The third-order valence-corrected chi connectivity index (χ3v) is 4.41. The molecule has 2 N–H and O–H groups in total. The van der Waals surface area contributed by atoms with Gasteiger partial charge in [-0.2, -0.15) is 0 Å². The first kappa shape index (κ1) is 15.0. The summed E-state index contributed by atoms with van der Waals surface area (Å²) in [6, 6.07) is 5.96. The van der Waals surface area contributed by atoms with Crippen LogP contribution in [-0.2, 0) is 11.3 Å². The maximum absolute atomic E-state index is 12.1. The highest BCUT2D eigenvalue weighted by Gasteiger charge is 2.31. The number of carbonyl (C=O) groups is 1. The van der Waals surface area contributed by atoms with E-state index in [1.54, 1.807) is 0 Å². The summed E-state index contributed by atoms with van der Waals surface area (Å²) in [4.78, 5) is 14.4. The maximum Gasteiger partial charge on any atom is 0.223 e. The Hall–Kier alpha value is -1.42. The first-order valence-electron chi connectivity index (χ1n) is 7.05. The lowest BCUT2D eigenvalue weighted by Crippen LogP contribution is -2.25. The van der Waals surface area contributed by atoms with Crippen molar-refractivity contribution >= 4 is 23.1 Å². The molecule has 1 aromatic carbocycles. The molecule has 1 heterocycles. The largest absolute Gasteiger partial charge is 0.389 e. The van der Waals surface area contributed by atoms with Crippen molar-refractivity contribution < 1.29 is 4.79 Å². The molecule has 0 bridgehead atoms. The summed E-state index contributed by atoms with van der Waals surface area (Å²) in [6.07, 6.45) is 0.682. The van der Waals surface area contributed by atoms with Crippen LogP contribution in [0.2, 0.25) is 0 Å². The molecule has 108 valence electrons. The standard InChI is InChI=1S/C16H22N2OS/c1-10(2)14-7-15(19)18(9-14)8-13-5-4-12(16(17)20)6-11(13)3/h4-6,10,14H,7-9H2,1-3H3,(H2,17,20). The average Bonchev–Trinajstić information content (AvgIpc) is 2.73. The number of benzene rings is 1. The van der Waals surface area contributed by atoms with E-state index in [1.165, 1.54) is 5.56 Å². The predicted molar refractivity (Wildman–Crippen MR) is 85.4 cm³/mol. The maximum atomic E-state index is 12.1. The van der Waals surface area contributed by atoms with Crippen LogP contribution in [0.4, 0.5) is 0 Å². The van der Waals surface area contributed by atoms with Gasteiger partial charge < -0.3 is 10.6 Å². The van der Waals surface area contributed by atoms with Gasteiger partial charge in [0.1, 0.15) is 4.99 Å². The lowest BCUT2D eigenvalue weighted by molar-refractivity contribution is -0.128. The highest BCUT2D eigenvalue weighted by Crippen LogP contribution is 2.26. The molecule has 20 heavy (non-hydrogen) atoms. The van der Waals surface area contributed by atoms with Gasteiger partial charge in [-0.1, -0.05) is 38.2 Å². The van der Waals surface area contributed by atoms with Crippen LogP contribution in [0, 0.1) is 18.8 Å². The van der Waals surface area contributed by atoms with Gasteiger partial charge in [0.25, 0.3) is 0 Å². The SMILES string of the molecule is Cc1cc(C(N)=S)ccc1CN1CC(C(C)C)CC1=O. The van der Waals surface area contributed by atoms with E-state index in [1.807, 2.05) is 30.0 Å². The van der Waals surface area contributed by atoms with Gasteiger partial charge in [-0.25, -0.2) is 0 Å². The van der Waals surface area contributed by atoms with E-state index in [2.05, 4.69) is 13.8 Å². The summed E-state index contributed by atoms with van der Waals surface area (Å²) in [5, 5.41) is 0. The van der Waals surface area contributed by atoms with Crippen molar-refractivity contribution in [3.63, 3.8) is 0 Å². The second-order valence-corrected chi connectivity index (χ2v) is 6.43. The molecule has 3 nitrogen and oxygen atoms in total. The number of nitrogens with two attached hydrogens (primary N) is 1. The van der Waals surface area contributed by atoms with E-state index in [-0.39, 0.29) is 5.91 Å². The molecule has 4 heteroatoms. The van der Waals surface area contributed by atoms with Gasteiger partial charge in [0.15, 0.2) is 0 Å². The number of nitrogens with zero attached hydrogens (tertiary/aromatic N) is 1. The first-order chi connectivity index (χ1) is 9.38. The van der Waals surface area contributed by atoms with Crippen molar-refractivity contribution in [3.8, 4) is 0 Å². The van der Waals surface area contributed by atoms with Crippen molar-refractivity contribution in [2.45, 2.75) is 33.7 Å². The van der Waals surface area contributed by atoms with E-state index in [0.717, 1.165) is 17.7 Å². The molecule has 1 aliphatic heterocycles. The summed E-state index contributed by atoms with van der Waals surface area (Å²) < 4.78 is 0.